The van der Waals surface area contributed by atoms with E-state index in [-0.39, 0.29) is 29.6 Å². The van der Waals surface area contributed by atoms with Crippen molar-refractivity contribution in [2.24, 2.45) is 0 Å². The lowest BCUT2D eigenvalue weighted by Gasteiger charge is -2.37. The molecular formula is C19H24N4O3. The van der Waals surface area contributed by atoms with Crippen molar-refractivity contribution in [1.29, 1.82) is 0 Å². The summed E-state index contributed by atoms with van der Waals surface area (Å²) in [7, 11) is 0. The van der Waals surface area contributed by atoms with E-state index in [0.717, 1.165) is 18.4 Å². The van der Waals surface area contributed by atoms with Gasteiger partial charge in [-0.05, 0) is 24.5 Å². The molecule has 2 aliphatic rings. The van der Waals surface area contributed by atoms with Crippen LogP contribution in [0.5, 0.6) is 0 Å². The minimum atomic E-state index is -0.284. The van der Waals surface area contributed by atoms with Gasteiger partial charge in [-0.25, -0.2) is 4.79 Å². The number of amides is 4. The molecule has 1 aromatic carbocycles. The number of likely N-dealkylation sites (tertiary alicyclic amines) is 1. The van der Waals surface area contributed by atoms with Crippen molar-refractivity contribution < 1.29 is 14.4 Å². The molecular weight excluding hydrogens is 332 g/mol. The molecule has 7 nitrogen and oxygen atoms in total. The minimum Gasteiger partial charge on any atom is -0.336 e. The van der Waals surface area contributed by atoms with E-state index in [4.69, 9.17) is 0 Å². The number of nitrogens with one attached hydrogen (secondary N) is 2. The van der Waals surface area contributed by atoms with Crippen LogP contribution < -0.4 is 10.6 Å². The summed E-state index contributed by atoms with van der Waals surface area (Å²) in [5, 5.41) is 5.46. The molecule has 26 heavy (non-hydrogen) atoms. The second-order valence-electron chi connectivity index (χ2n) is 6.62. The number of carbonyl (C=O) groups is 3. The number of hydrogen-bond acceptors (Lipinski definition) is 3. The standard InChI is InChI=1S/C19H24N4O3/c1-14(24)21-17(12-15-6-3-2-4-7-15)18(25)22-10-5-8-16(13-22)23-11-9-20-19(23)26/h2-4,6-7,12,16H,5,8-11,13H2,1H3,(H,20,26)(H,21,24)/b17-12+. The summed E-state index contributed by atoms with van der Waals surface area (Å²) in [5.41, 5.74) is 1.10. The Morgan fingerprint density at radius 3 is 2.65 bits per heavy atom. The molecule has 2 aliphatic heterocycles. The second-order valence-corrected chi connectivity index (χ2v) is 6.62. The Hall–Kier alpha value is -2.83. The topological polar surface area (TPSA) is 81.8 Å². The molecule has 0 aromatic heterocycles. The molecule has 2 heterocycles. The van der Waals surface area contributed by atoms with E-state index in [2.05, 4.69) is 10.6 Å². The van der Waals surface area contributed by atoms with Crippen LogP contribution in [0.3, 0.4) is 0 Å². The first-order chi connectivity index (χ1) is 12.5. The van der Waals surface area contributed by atoms with Gasteiger partial charge in [0.1, 0.15) is 5.70 Å². The van der Waals surface area contributed by atoms with Gasteiger partial charge in [0.25, 0.3) is 5.91 Å². The number of rotatable bonds is 4. The number of hydrogen-bond donors (Lipinski definition) is 2. The first-order valence-electron chi connectivity index (χ1n) is 8.92. The third-order valence-electron chi connectivity index (χ3n) is 4.67. The lowest BCUT2D eigenvalue weighted by Crippen LogP contribution is -2.51. The SMILES string of the molecule is CC(=O)N/C(=C/c1ccccc1)C(=O)N1CCCC(N2CCNC2=O)C1. The number of carbonyl (C=O) groups excluding carboxylic acids is 3. The average Bonchev–Trinajstić information content (AvgIpc) is 3.07. The molecule has 4 amide bonds. The highest BCUT2D eigenvalue weighted by molar-refractivity contribution is 6.01. The summed E-state index contributed by atoms with van der Waals surface area (Å²) in [4.78, 5) is 40.0. The fourth-order valence-electron chi connectivity index (χ4n) is 3.46. The second kappa shape index (κ2) is 8.03. The van der Waals surface area contributed by atoms with Gasteiger partial charge in [0.05, 0.1) is 6.04 Å². The van der Waals surface area contributed by atoms with Crippen LogP contribution in [0, 0.1) is 0 Å². The van der Waals surface area contributed by atoms with Crippen LogP contribution in [0.4, 0.5) is 4.79 Å². The maximum absolute atomic E-state index is 13.0. The zero-order valence-corrected chi connectivity index (χ0v) is 14.9. The first kappa shape index (κ1) is 18.0. The molecule has 1 aromatic rings. The summed E-state index contributed by atoms with van der Waals surface area (Å²) in [6, 6.07) is 9.37. The molecule has 2 saturated heterocycles. The summed E-state index contributed by atoms with van der Waals surface area (Å²) in [6.45, 7) is 3.81. The molecule has 138 valence electrons. The third-order valence-corrected chi connectivity index (χ3v) is 4.67. The van der Waals surface area contributed by atoms with Gasteiger partial charge in [0, 0.05) is 33.1 Å². The molecule has 1 unspecified atom stereocenters. The van der Waals surface area contributed by atoms with E-state index in [9.17, 15) is 14.4 Å². The Bertz CT molecular complexity index is 717. The molecule has 2 N–H and O–H groups in total. The van der Waals surface area contributed by atoms with Gasteiger partial charge in [-0.3, -0.25) is 9.59 Å². The average molecular weight is 356 g/mol. The van der Waals surface area contributed by atoms with Gasteiger partial charge < -0.3 is 20.4 Å². The van der Waals surface area contributed by atoms with E-state index in [1.807, 2.05) is 30.3 Å². The third kappa shape index (κ3) is 4.22. The Kier molecular flexibility index (Phi) is 5.55. The smallest absolute Gasteiger partial charge is 0.317 e. The lowest BCUT2D eigenvalue weighted by atomic mass is 10.0. The molecule has 0 aliphatic carbocycles. The van der Waals surface area contributed by atoms with Crippen LogP contribution in [0.15, 0.2) is 36.0 Å². The molecule has 2 fully saturated rings. The normalized spacial score (nSPS) is 20.7. The van der Waals surface area contributed by atoms with Gasteiger partial charge in [-0.15, -0.1) is 0 Å². The Morgan fingerprint density at radius 2 is 2.00 bits per heavy atom. The van der Waals surface area contributed by atoms with Crippen molar-refractivity contribution in [3.05, 3.63) is 41.6 Å². The van der Waals surface area contributed by atoms with Gasteiger partial charge in [0.2, 0.25) is 5.91 Å². The molecule has 7 heteroatoms. The van der Waals surface area contributed by atoms with Crippen molar-refractivity contribution in [1.82, 2.24) is 20.4 Å². The highest BCUT2D eigenvalue weighted by Crippen LogP contribution is 2.19. The van der Waals surface area contributed by atoms with Gasteiger partial charge in [-0.1, -0.05) is 30.3 Å². The largest absolute Gasteiger partial charge is 0.336 e. The van der Waals surface area contributed by atoms with E-state index in [1.165, 1.54) is 6.92 Å². The van der Waals surface area contributed by atoms with E-state index in [0.29, 0.717) is 26.2 Å². The predicted octanol–water partition coefficient (Wildman–Crippen LogP) is 1.18. The minimum absolute atomic E-state index is 0.0190. The number of piperidine rings is 1. The maximum atomic E-state index is 13.0. The Labute approximate surface area is 153 Å². The highest BCUT2D eigenvalue weighted by Gasteiger charge is 2.33. The summed E-state index contributed by atoms with van der Waals surface area (Å²) < 4.78 is 0. The Morgan fingerprint density at radius 1 is 1.23 bits per heavy atom. The maximum Gasteiger partial charge on any atom is 0.317 e. The summed E-state index contributed by atoms with van der Waals surface area (Å²) in [6.07, 6.45) is 3.41. The molecule has 3 rings (SSSR count). The van der Waals surface area contributed by atoms with Crippen molar-refractivity contribution in [3.63, 3.8) is 0 Å². The van der Waals surface area contributed by atoms with Crippen LogP contribution in [0.1, 0.15) is 25.3 Å². The fourth-order valence-corrected chi connectivity index (χ4v) is 3.46. The molecule has 1 atom stereocenters. The molecule has 0 radical (unpaired) electrons. The van der Waals surface area contributed by atoms with Gasteiger partial charge in [-0.2, -0.15) is 0 Å². The fraction of sp³-hybridized carbons (Fsp3) is 0.421. The van der Waals surface area contributed by atoms with Crippen molar-refractivity contribution in [3.8, 4) is 0 Å². The van der Waals surface area contributed by atoms with Crippen molar-refractivity contribution in [2.45, 2.75) is 25.8 Å². The molecule has 0 saturated carbocycles. The zero-order valence-electron chi connectivity index (χ0n) is 14.9. The van der Waals surface area contributed by atoms with Crippen LogP contribution in [0.25, 0.3) is 6.08 Å². The Balaban J connectivity index is 1.76. The monoisotopic (exact) mass is 356 g/mol. The predicted molar refractivity (Wildman–Crippen MR) is 97.9 cm³/mol. The lowest BCUT2D eigenvalue weighted by molar-refractivity contribution is -0.130. The zero-order chi connectivity index (χ0) is 18.5. The van der Waals surface area contributed by atoms with Crippen LogP contribution in [0.2, 0.25) is 0 Å². The van der Waals surface area contributed by atoms with E-state index in [1.54, 1.807) is 15.9 Å². The van der Waals surface area contributed by atoms with Crippen LogP contribution in [-0.2, 0) is 9.59 Å². The first-order valence-corrected chi connectivity index (χ1v) is 8.92. The quantitative estimate of drug-likeness (QED) is 0.795. The number of urea groups is 1. The van der Waals surface area contributed by atoms with Crippen molar-refractivity contribution >= 4 is 23.9 Å². The molecule has 0 bridgehead atoms. The number of nitrogens with zero attached hydrogens (tertiary/aromatic N) is 2. The summed E-state index contributed by atoms with van der Waals surface area (Å²) in [5.74, 6) is -0.499. The van der Waals surface area contributed by atoms with E-state index >= 15 is 0 Å². The summed E-state index contributed by atoms with van der Waals surface area (Å²) >= 11 is 0. The van der Waals surface area contributed by atoms with Crippen molar-refractivity contribution in [2.75, 3.05) is 26.2 Å². The number of benzene rings is 1. The van der Waals surface area contributed by atoms with Gasteiger partial charge in [0.15, 0.2) is 0 Å². The highest BCUT2D eigenvalue weighted by atomic mass is 16.2. The van der Waals surface area contributed by atoms with Crippen LogP contribution in [-0.4, -0.2) is 59.9 Å². The van der Waals surface area contributed by atoms with Gasteiger partial charge >= 0.3 is 6.03 Å². The van der Waals surface area contributed by atoms with E-state index < -0.39 is 0 Å². The molecule has 0 spiro atoms. The van der Waals surface area contributed by atoms with Crippen LogP contribution >= 0.6 is 0 Å².